The van der Waals surface area contributed by atoms with Crippen LogP contribution >= 0.6 is 0 Å². The fourth-order valence-electron chi connectivity index (χ4n) is 1.91. The number of carbonyl (C=O) groups excluding carboxylic acids is 1. The first-order valence-electron chi connectivity index (χ1n) is 6.94. The summed E-state index contributed by atoms with van der Waals surface area (Å²) < 4.78 is 15.8. The maximum atomic E-state index is 11.7. The first kappa shape index (κ1) is 17.3. The topological polar surface area (TPSA) is 70.8 Å². The normalized spacial score (nSPS) is 12.7. The number of hydrogen-bond donors (Lipinski definition) is 1. The van der Waals surface area contributed by atoms with Gasteiger partial charge in [0, 0.05) is 12.1 Å². The van der Waals surface area contributed by atoms with Gasteiger partial charge < -0.3 is 19.9 Å². The van der Waals surface area contributed by atoms with E-state index in [0.29, 0.717) is 17.9 Å². The van der Waals surface area contributed by atoms with Crippen LogP contribution in [0.4, 0.5) is 0 Å². The Balaban J connectivity index is 2.91. The van der Waals surface area contributed by atoms with Gasteiger partial charge in [-0.1, -0.05) is 6.07 Å². The van der Waals surface area contributed by atoms with Crippen molar-refractivity contribution in [1.29, 1.82) is 0 Å². The van der Waals surface area contributed by atoms with Crippen molar-refractivity contribution in [2.45, 2.75) is 33.2 Å². The van der Waals surface area contributed by atoms with Gasteiger partial charge in [-0.3, -0.25) is 4.79 Å². The Morgan fingerprint density at radius 2 is 2.00 bits per heavy atom. The highest BCUT2D eigenvalue weighted by atomic mass is 16.5. The zero-order valence-corrected chi connectivity index (χ0v) is 13.4. The summed E-state index contributed by atoms with van der Waals surface area (Å²) >= 11 is 0. The van der Waals surface area contributed by atoms with Gasteiger partial charge >= 0.3 is 5.97 Å². The van der Waals surface area contributed by atoms with Crippen molar-refractivity contribution in [2.75, 3.05) is 20.8 Å². The van der Waals surface area contributed by atoms with E-state index in [-0.39, 0.29) is 18.6 Å². The van der Waals surface area contributed by atoms with Crippen molar-refractivity contribution in [2.24, 2.45) is 11.1 Å². The lowest BCUT2D eigenvalue weighted by Crippen LogP contribution is -2.32. The molecule has 0 aliphatic rings. The minimum atomic E-state index is -0.719. The summed E-state index contributed by atoms with van der Waals surface area (Å²) in [4.78, 5) is 11.7. The SMILES string of the molecule is COC(=O)C(C)(C)COc1cc(OC)ccc1CC(C)N. The summed E-state index contributed by atoms with van der Waals surface area (Å²) in [5, 5.41) is 0. The summed E-state index contributed by atoms with van der Waals surface area (Å²) in [6.07, 6.45) is 0.692. The summed E-state index contributed by atoms with van der Waals surface area (Å²) in [5.74, 6) is 1.08. The lowest BCUT2D eigenvalue weighted by molar-refractivity contribution is -0.152. The lowest BCUT2D eigenvalue weighted by atomic mass is 9.95. The molecule has 1 aromatic rings. The average molecular weight is 295 g/mol. The molecule has 118 valence electrons. The second kappa shape index (κ2) is 7.31. The Kier molecular flexibility index (Phi) is 6.03. The van der Waals surface area contributed by atoms with Crippen LogP contribution in [0.25, 0.3) is 0 Å². The van der Waals surface area contributed by atoms with Crippen LogP contribution < -0.4 is 15.2 Å². The van der Waals surface area contributed by atoms with Gasteiger partial charge in [0.25, 0.3) is 0 Å². The van der Waals surface area contributed by atoms with Crippen molar-refractivity contribution in [1.82, 2.24) is 0 Å². The molecule has 0 aliphatic heterocycles. The molecule has 0 aliphatic carbocycles. The standard InChI is InChI=1S/C16H25NO4/c1-11(17)8-12-6-7-13(19-4)9-14(12)21-10-16(2,3)15(18)20-5/h6-7,9,11H,8,10,17H2,1-5H3. The Morgan fingerprint density at radius 1 is 1.33 bits per heavy atom. The third kappa shape index (κ3) is 4.93. The van der Waals surface area contributed by atoms with Gasteiger partial charge in [-0.05, 0) is 38.8 Å². The molecule has 0 saturated heterocycles. The molecule has 0 heterocycles. The van der Waals surface area contributed by atoms with Crippen LogP contribution in [-0.2, 0) is 16.0 Å². The van der Waals surface area contributed by atoms with Gasteiger partial charge in [0.15, 0.2) is 0 Å². The van der Waals surface area contributed by atoms with Crippen LogP contribution in [-0.4, -0.2) is 32.8 Å². The Labute approximate surface area is 126 Å². The Bertz CT molecular complexity index is 483. The van der Waals surface area contributed by atoms with E-state index in [1.165, 1.54) is 7.11 Å². The molecule has 0 amide bonds. The van der Waals surface area contributed by atoms with Crippen LogP contribution in [0.5, 0.6) is 11.5 Å². The van der Waals surface area contributed by atoms with E-state index in [1.54, 1.807) is 21.0 Å². The quantitative estimate of drug-likeness (QED) is 0.781. The number of carbonyl (C=O) groups is 1. The van der Waals surface area contributed by atoms with Crippen molar-refractivity contribution in [3.63, 3.8) is 0 Å². The molecule has 0 bridgehead atoms. The highest BCUT2D eigenvalue weighted by Gasteiger charge is 2.30. The van der Waals surface area contributed by atoms with Crippen molar-refractivity contribution < 1.29 is 19.0 Å². The first-order chi connectivity index (χ1) is 9.80. The molecule has 0 fully saturated rings. The summed E-state index contributed by atoms with van der Waals surface area (Å²) in [7, 11) is 2.97. The smallest absolute Gasteiger partial charge is 0.314 e. The predicted octanol–water partition coefficient (Wildman–Crippen LogP) is 2.16. The molecule has 0 saturated carbocycles. The van der Waals surface area contributed by atoms with Crippen LogP contribution in [0.3, 0.4) is 0 Å². The molecule has 1 unspecified atom stereocenters. The van der Waals surface area contributed by atoms with E-state index in [4.69, 9.17) is 19.9 Å². The molecule has 5 heteroatoms. The Hall–Kier alpha value is -1.75. The highest BCUT2D eigenvalue weighted by Crippen LogP contribution is 2.28. The zero-order valence-electron chi connectivity index (χ0n) is 13.4. The van der Waals surface area contributed by atoms with E-state index in [2.05, 4.69) is 0 Å². The maximum absolute atomic E-state index is 11.7. The van der Waals surface area contributed by atoms with Crippen LogP contribution in [0.2, 0.25) is 0 Å². The molecule has 1 aromatic carbocycles. The van der Waals surface area contributed by atoms with Gasteiger partial charge in [0.1, 0.15) is 18.1 Å². The van der Waals surface area contributed by atoms with E-state index in [1.807, 2.05) is 25.1 Å². The van der Waals surface area contributed by atoms with Gasteiger partial charge in [-0.2, -0.15) is 0 Å². The second-order valence-electron chi connectivity index (χ2n) is 5.82. The van der Waals surface area contributed by atoms with Crippen molar-refractivity contribution in [3.05, 3.63) is 23.8 Å². The number of nitrogens with two attached hydrogens (primary N) is 1. The minimum Gasteiger partial charge on any atom is -0.497 e. The number of benzene rings is 1. The molecule has 21 heavy (non-hydrogen) atoms. The summed E-state index contributed by atoms with van der Waals surface area (Å²) in [5.41, 5.74) is 6.13. The third-order valence-corrected chi connectivity index (χ3v) is 3.14. The largest absolute Gasteiger partial charge is 0.497 e. The predicted molar refractivity (Wildman–Crippen MR) is 81.6 cm³/mol. The molecule has 0 spiro atoms. The summed E-state index contributed by atoms with van der Waals surface area (Å²) in [6, 6.07) is 5.64. The highest BCUT2D eigenvalue weighted by molar-refractivity contribution is 5.75. The van der Waals surface area contributed by atoms with E-state index in [9.17, 15) is 4.79 Å². The molecule has 1 rings (SSSR count). The molecule has 0 radical (unpaired) electrons. The monoisotopic (exact) mass is 295 g/mol. The fraction of sp³-hybridized carbons (Fsp3) is 0.562. The molecular weight excluding hydrogens is 270 g/mol. The summed E-state index contributed by atoms with van der Waals surface area (Å²) in [6.45, 7) is 5.72. The van der Waals surface area contributed by atoms with Crippen molar-refractivity contribution in [3.8, 4) is 11.5 Å². The number of ether oxygens (including phenoxy) is 3. The zero-order chi connectivity index (χ0) is 16.0. The minimum absolute atomic E-state index is 0.0226. The van der Waals surface area contributed by atoms with Gasteiger partial charge in [-0.25, -0.2) is 0 Å². The number of hydrogen-bond acceptors (Lipinski definition) is 5. The maximum Gasteiger partial charge on any atom is 0.314 e. The van der Waals surface area contributed by atoms with Crippen LogP contribution in [0.1, 0.15) is 26.3 Å². The van der Waals surface area contributed by atoms with E-state index in [0.717, 1.165) is 5.56 Å². The van der Waals surface area contributed by atoms with E-state index < -0.39 is 5.41 Å². The number of esters is 1. The molecule has 0 aromatic heterocycles. The average Bonchev–Trinajstić information content (AvgIpc) is 2.44. The Morgan fingerprint density at radius 3 is 2.52 bits per heavy atom. The fourth-order valence-corrected chi connectivity index (χ4v) is 1.91. The number of rotatable bonds is 7. The van der Waals surface area contributed by atoms with Crippen LogP contribution in [0.15, 0.2) is 18.2 Å². The lowest BCUT2D eigenvalue weighted by Gasteiger charge is -2.23. The van der Waals surface area contributed by atoms with Gasteiger partial charge in [0.2, 0.25) is 0 Å². The van der Waals surface area contributed by atoms with E-state index >= 15 is 0 Å². The second-order valence-corrected chi connectivity index (χ2v) is 5.82. The number of methoxy groups -OCH3 is 2. The molecular formula is C16H25NO4. The molecule has 1 atom stereocenters. The molecule has 5 nitrogen and oxygen atoms in total. The van der Waals surface area contributed by atoms with Gasteiger partial charge in [-0.15, -0.1) is 0 Å². The molecule has 2 N–H and O–H groups in total. The van der Waals surface area contributed by atoms with Crippen LogP contribution in [0, 0.1) is 5.41 Å². The van der Waals surface area contributed by atoms with Crippen molar-refractivity contribution >= 4 is 5.97 Å². The van der Waals surface area contributed by atoms with Gasteiger partial charge in [0.05, 0.1) is 19.6 Å². The first-order valence-corrected chi connectivity index (χ1v) is 6.94. The third-order valence-electron chi connectivity index (χ3n) is 3.14.